The van der Waals surface area contributed by atoms with Crippen LogP contribution in [0.1, 0.15) is 23.9 Å². The third kappa shape index (κ3) is 4.83. The Bertz CT molecular complexity index is 1290. The number of nitro groups is 1. The number of aliphatic imine (C=N–C) groups is 1. The number of benzene rings is 2. The molecule has 1 amide bonds. The number of amides is 1. The van der Waals surface area contributed by atoms with E-state index < -0.39 is 4.92 Å². The fourth-order valence-electron chi connectivity index (χ4n) is 3.60. The lowest BCUT2D eigenvalue weighted by atomic mass is 10.2. The number of rotatable bonds is 6. The Kier molecular flexibility index (Phi) is 6.32. The molecule has 0 radical (unpaired) electrons. The number of amidine groups is 1. The summed E-state index contributed by atoms with van der Waals surface area (Å²) in [6.07, 6.45) is 1.82. The molecule has 9 heteroatoms. The van der Waals surface area contributed by atoms with Crippen LogP contribution >= 0.6 is 11.8 Å². The molecule has 1 fully saturated rings. The quantitative estimate of drug-likeness (QED) is 0.305. The average Bonchev–Trinajstić information content (AvgIpc) is 3.27. The largest absolute Gasteiger partial charge is 0.494 e. The molecule has 0 unspecified atom stereocenters. The highest BCUT2D eigenvalue weighted by atomic mass is 32.2. The number of nitrogens with zero attached hydrogens (tertiary/aromatic N) is 3. The van der Waals surface area contributed by atoms with Crippen molar-refractivity contribution in [2.24, 2.45) is 4.99 Å². The number of carbonyl (C=O) groups excluding carboxylic acids is 1. The molecular formula is C24H22N4O4S. The number of nitrogens with one attached hydrogen (secondary N) is 1. The molecule has 168 valence electrons. The number of thioether (sulfide) groups is 1. The van der Waals surface area contributed by atoms with E-state index in [1.165, 1.54) is 23.9 Å². The standard InChI is InChI=1S/C24H22N4O4S/c1-4-32-21-10-8-18(9-11-21)25-24-26-23(29)22(33-24)13-17-12-15(2)27(16(17)3)19-6-5-7-20(14-19)28(30)31/h5-14H,4H2,1-3H3,(H,25,26,29). The lowest BCUT2D eigenvalue weighted by Crippen LogP contribution is -2.19. The van der Waals surface area contributed by atoms with E-state index in [9.17, 15) is 14.9 Å². The summed E-state index contributed by atoms with van der Waals surface area (Å²) in [6, 6.07) is 15.8. The van der Waals surface area contributed by atoms with Gasteiger partial charge < -0.3 is 14.6 Å². The first-order valence-electron chi connectivity index (χ1n) is 10.3. The molecule has 2 aromatic carbocycles. The summed E-state index contributed by atoms with van der Waals surface area (Å²) in [6.45, 7) is 6.36. The molecule has 0 aliphatic carbocycles. The maximum Gasteiger partial charge on any atom is 0.271 e. The smallest absolute Gasteiger partial charge is 0.271 e. The van der Waals surface area contributed by atoms with Gasteiger partial charge in [0.25, 0.3) is 11.6 Å². The topological polar surface area (TPSA) is 98.8 Å². The molecule has 0 bridgehead atoms. The van der Waals surface area contributed by atoms with Gasteiger partial charge in [-0.3, -0.25) is 14.9 Å². The molecule has 3 aromatic rings. The van der Waals surface area contributed by atoms with E-state index in [-0.39, 0.29) is 11.6 Å². The van der Waals surface area contributed by atoms with Crippen LogP contribution in [-0.4, -0.2) is 27.2 Å². The summed E-state index contributed by atoms with van der Waals surface area (Å²) in [7, 11) is 0. The third-order valence-corrected chi connectivity index (χ3v) is 5.99. The summed E-state index contributed by atoms with van der Waals surface area (Å²) in [5.41, 5.74) is 4.09. The van der Waals surface area contributed by atoms with Crippen molar-refractivity contribution in [2.75, 3.05) is 6.61 Å². The van der Waals surface area contributed by atoms with E-state index in [4.69, 9.17) is 4.74 Å². The SMILES string of the molecule is CCOc1ccc(N=C2NC(=O)C(=Cc3cc(C)n(-c4cccc([N+](=O)[O-])c4)c3C)S2)cc1. The van der Waals surface area contributed by atoms with Gasteiger partial charge in [-0.05, 0) is 80.6 Å². The first-order chi connectivity index (χ1) is 15.9. The Balaban J connectivity index is 1.59. The zero-order valence-corrected chi connectivity index (χ0v) is 19.2. The van der Waals surface area contributed by atoms with Crippen LogP contribution in [0.15, 0.2) is 64.5 Å². The van der Waals surface area contributed by atoms with Crippen LogP contribution < -0.4 is 10.1 Å². The van der Waals surface area contributed by atoms with Crippen LogP contribution in [0.3, 0.4) is 0 Å². The van der Waals surface area contributed by atoms with Crippen LogP contribution in [0.2, 0.25) is 0 Å². The second-order valence-electron chi connectivity index (χ2n) is 7.35. The summed E-state index contributed by atoms with van der Waals surface area (Å²) < 4.78 is 7.37. The molecule has 1 aliphatic rings. The maximum absolute atomic E-state index is 12.5. The molecule has 4 rings (SSSR count). The van der Waals surface area contributed by atoms with Gasteiger partial charge in [-0.25, -0.2) is 4.99 Å². The summed E-state index contributed by atoms with van der Waals surface area (Å²) in [5.74, 6) is 0.550. The second-order valence-corrected chi connectivity index (χ2v) is 8.38. The molecule has 0 atom stereocenters. The van der Waals surface area contributed by atoms with Gasteiger partial charge in [0.1, 0.15) is 5.75 Å². The molecule has 1 saturated heterocycles. The van der Waals surface area contributed by atoms with Crippen LogP contribution in [0.5, 0.6) is 5.75 Å². The van der Waals surface area contributed by atoms with E-state index in [2.05, 4.69) is 10.3 Å². The summed E-state index contributed by atoms with van der Waals surface area (Å²) >= 11 is 1.27. The molecule has 1 aliphatic heterocycles. The van der Waals surface area contributed by atoms with Gasteiger partial charge in [0.2, 0.25) is 0 Å². The number of carbonyl (C=O) groups is 1. The molecule has 33 heavy (non-hydrogen) atoms. The number of aromatic nitrogens is 1. The Morgan fingerprint density at radius 2 is 1.94 bits per heavy atom. The minimum absolute atomic E-state index is 0.0285. The van der Waals surface area contributed by atoms with Gasteiger partial charge in [-0.15, -0.1) is 0 Å². The van der Waals surface area contributed by atoms with Gasteiger partial charge >= 0.3 is 0 Å². The van der Waals surface area contributed by atoms with Crippen molar-refractivity contribution in [1.82, 2.24) is 9.88 Å². The Morgan fingerprint density at radius 3 is 2.64 bits per heavy atom. The predicted molar refractivity (Wildman–Crippen MR) is 130 cm³/mol. The van der Waals surface area contributed by atoms with E-state index in [1.54, 1.807) is 6.07 Å². The van der Waals surface area contributed by atoms with Gasteiger partial charge in [0.15, 0.2) is 5.17 Å². The van der Waals surface area contributed by atoms with Crippen LogP contribution in [0, 0.1) is 24.0 Å². The van der Waals surface area contributed by atoms with Gasteiger partial charge in [0.05, 0.1) is 27.8 Å². The third-order valence-electron chi connectivity index (χ3n) is 5.08. The fraction of sp³-hybridized carbons (Fsp3) is 0.167. The van der Waals surface area contributed by atoms with E-state index in [0.29, 0.717) is 28.1 Å². The van der Waals surface area contributed by atoms with Gasteiger partial charge in [0, 0.05) is 23.5 Å². The molecule has 2 heterocycles. The summed E-state index contributed by atoms with van der Waals surface area (Å²) in [5, 5.41) is 14.5. The highest BCUT2D eigenvalue weighted by Gasteiger charge is 2.24. The molecular weight excluding hydrogens is 440 g/mol. The highest BCUT2D eigenvalue weighted by Crippen LogP contribution is 2.31. The number of hydrogen-bond acceptors (Lipinski definition) is 6. The average molecular weight is 463 g/mol. The van der Waals surface area contributed by atoms with E-state index >= 15 is 0 Å². The zero-order chi connectivity index (χ0) is 23.5. The number of ether oxygens (including phenoxy) is 1. The van der Waals surface area contributed by atoms with Crippen LogP contribution in [0.25, 0.3) is 11.8 Å². The molecule has 1 aromatic heterocycles. The van der Waals surface area contributed by atoms with Crippen molar-refractivity contribution in [3.63, 3.8) is 0 Å². The fourth-order valence-corrected chi connectivity index (χ4v) is 4.43. The number of non-ortho nitro benzene ring substituents is 1. The van der Waals surface area contributed by atoms with Crippen LogP contribution in [0.4, 0.5) is 11.4 Å². The van der Waals surface area contributed by atoms with Crippen molar-refractivity contribution in [2.45, 2.75) is 20.8 Å². The van der Waals surface area contributed by atoms with Crippen molar-refractivity contribution >= 4 is 40.3 Å². The monoisotopic (exact) mass is 462 g/mol. The first kappa shape index (κ1) is 22.3. The normalized spacial score (nSPS) is 15.8. The van der Waals surface area contributed by atoms with E-state index in [1.807, 2.05) is 67.8 Å². The van der Waals surface area contributed by atoms with Crippen LogP contribution in [-0.2, 0) is 4.79 Å². The molecule has 0 spiro atoms. The highest BCUT2D eigenvalue weighted by molar-refractivity contribution is 8.18. The number of hydrogen-bond donors (Lipinski definition) is 1. The van der Waals surface area contributed by atoms with Gasteiger partial charge in [-0.2, -0.15) is 0 Å². The first-order valence-corrected chi connectivity index (χ1v) is 11.1. The number of nitro benzene ring substituents is 1. The predicted octanol–water partition coefficient (Wildman–Crippen LogP) is 5.29. The second kappa shape index (κ2) is 9.33. The lowest BCUT2D eigenvalue weighted by molar-refractivity contribution is -0.384. The zero-order valence-electron chi connectivity index (χ0n) is 18.4. The molecule has 8 nitrogen and oxygen atoms in total. The summed E-state index contributed by atoms with van der Waals surface area (Å²) in [4.78, 5) is 28.3. The van der Waals surface area contributed by atoms with Gasteiger partial charge in [-0.1, -0.05) is 6.07 Å². The Labute approximate surface area is 195 Å². The number of aryl methyl sites for hydroxylation is 1. The molecule has 0 saturated carbocycles. The van der Waals surface area contributed by atoms with Crippen molar-refractivity contribution in [3.8, 4) is 11.4 Å². The van der Waals surface area contributed by atoms with Crippen molar-refractivity contribution in [3.05, 3.63) is 86.6 Å². The lowest BCUT2D eigenvalue weighted by Gasteiger charge is -2.09. The minimum Gasteiger partial charge on any atom is -0.494 e. The maximum atomic E-state index is 12.5. The molecule has 1 N–H and O–H groups in total. The Hall–Kier alpha value is -3.85. The van der Waals surface area contributed by atoms with Crippen molar-refractivity contribution < 1.29 is 14.5 Å². The van der Waals surface area contributed by atoms with Crippen molar-refractivity contribution in [1.29, 1.82) is 0 Å². The van der Waals surface area contributed by atoms with E-state index in [0.717, 1.165) is 22.7 Å². The Morgan fingerprint density at radius 1 is 1.18 bits per heavy atom. The minimum atomic E-state index is -0.411.